The summed E-state index contributed by atoms with van der Waals surface area (Å²) in [6, 6.07) is 4.97. The van der Waals surface area contributed by atoms with Gasteiger partial charge in [0.05, 0.1) is 29.2 Å². The maximum Gasteiger partial charge on any atom is 0.406 e. The van der Waals surface area contributed by atoms with E-state index in [1.807, 2.05) is 0 Å². The number of benzene rings is 1. The Morgan fingerprint density at radius 3 is 2.77 bits per heavy atom. The summed E-state index contributed by atoms with van der Waals surface area (Å²) in [5, 5.41) is 17.4. The Labute approximate surface area is 144 Å². The molecule has 0 unspecified atom stereocenters. The molecule has 3 heterocycles. The van der Waals surface area contributed by atoms with Crippen LogP contribution in [0.5, 0.6) is 0 Å². The van der Waals surface area contributed by atoms with Gasteiger partial charge in [0, 0.05) is 11.6 Å². The number of H-pyrrole nitrogens is 1. The second kappa shape index (κ2) is 5.73. The molecule has 4 rings (SSSR count). The van der Waals surface area contributed by atoms with Crippen LogP contribution in [0.1, 0.15) is 5.56 Å². The van der Waals surface area contributed by atoms with Crippen LogP contribution in [0.25, 0.3) is 27.4 Å². The van der Waals surface area contributed by atoms with E-state index in [2.05, 4.69) is 10.2 Å². The molecule has 0 aliphatic carbocycles. The van der Waals surface area contributed by atoms with Crippen molar-refractivity contribution in [3.05, 3.63) is 58.7 Å². The molecule has 9 heteroatoms. The number of halogens is 3. The van der Waals surface area contributed by atoms with Crippen molar-refractivity contribution < 1.29 is 18.4 Å². The Hall–Kier alpha value is -3.07. The molecule has 0 amide bonds. The number of hydrogen-bond acceptors (Lipinski definition) is 4. The molecular weight excluding hydrogens is 349 g/mol. The molecule has 0 bridgehead atoms. The molecule has 0 atom stereocenters. The zero-order valence-electron chi connectivity index (χ0n) is 13.3. The summed E-state index contributed by atoms with van der Waals surface area (Å²) in [5.41, 5.74) is 1.22. The Morgan fingerprint density at radius 2 is 2.08 bits per heavy atom. The maximum atomic E-state index is 13.0. The van der Waals surface area contributed by atoms with E-state index in [1.165, 1.54) is 12.4 Å². The lowest BCUT2D eigenvalue weighted by Gasteiger charge is -2.17. The molecule has 1 aliphatic rings. The Morgan fingerprint density at radius 1 is 1.27 bits per heavy atom. The lowest BCUT2D eigenvalue weighted by Crippen LogP contribution is -2.28. The van der Waals surface area contributed by atoms with Gasteiger partial charge in [0.25, 0.3) is 5.56 Å². The maximum absolute atomic E-state index is 13.0. The molecule has 3 aromatic rings. The van der Waals surface area contributed by atoms with Crippen molar-refractivity contribution in [2.45, 2.75) is 12.7 Å². The third-order valence-electron chi connectivity index (χ3n) is 4.27. The number of rotatable bonds is 2. The fourth-order valence-electron chi connectivity index (χ4n) is 3.09. The molecular formula is C17H13F3N4O2. The van der Waals surface area contributed by atoms with Gasteiger partial charge < -0.3 is 0 Å². The Bertz CT molecular complexity index is 1120. The van der Waals surface area contributed by atoms with Crippen LogP contribution in [0.2, 0.25) is 0 Å². The number of nitrogens with one attached hydrogen (secondary N) is 1. The van der Waals surface area contributed by atoms with Crippen LogP contribution in [-0.2, 0) is 6.54 Å². The number of hydroxylamine groups is 2. The average molecular weight is 362 g/mol. The summed E-state index contributed by atoms with van der Waals surface area (Å²) in [6.07, 6.45) is 1.54. The molecule has 26 heavy (non-hydrogen) atoms. The smallest absolute Gasteiger partial charge is 0.298 e. The quantitative estimate of drug-likeness (QED) is 0.735. The summed E-state index contributed by atoms with van der Waals surface area (Å²) in [7, 11) is 0. The van der Waals surface area contributed by atoms with Crippen LogP contribution in [0.3, 0.4) is 0 Å². The number of aromatic amines is 1. The van der Waals surface area contributed by atoms with Crippen molar-refractivity contribution in [1.29, 1.82) is 0 Å². The summed E-state index contributed by atoms with van der Waals surface area (Å²) in [5.74, 6) is 0. The minimum absolute atomic E-state index is 0.113. The van der Waals surface area contributed by atoms with Gasteiger partial charge in [-0.2, -0.15) is 18.3 Å². The molecule has 0 saturated heterocycles. The van der Waals surface area contributed by atoms with Gasteiger partial charge in [0.2, 0.25) is 0 Å². The van der Waals surface area contributed by atoms with Crippen LogP contribution in [0.4, 0.5) is 13.2 Å². The Kier molecular flexibility index (Phi) is 3.62. The molecule has 0 saturated carbocycles. The Balaban J connectivity index is 1.99. The fourth-order valence-corrected chi connectivity index (χ4v) is 3.09. The van der Waals surface area contributed by atoms with Crippen LogP contribution in [0.15, 0.2) is 47.5 Å². The van der Waals surface area contributed by atoms with E-state index in [0.717, 1.165) is 15.2 Å². The largest absolute Gasteiger partial charge is 0.406 e. The SMILES string of the molecule is O=c1c2cn[nH]c2c2ccc(C3=CCN(O)C=C3)cc2n1CC(F)(F)F. The lowest BCUT2D eigenvalue weighted by molar-refractivity contribution is -0.140. The average Bonchev–Trinajstić information content (AvgIpc) is 3.08. The van der Waals surface area contributed by atoms with E-state index in [9.17, 15) is 23.2 Å². The molecule has 2 N–H and O–H groups in total. The molecule has 1 aliphatic heterocycles. The highest BCUT2D eigenvalue weighted by molar-refractivity contribution is 6.04. The summed E-state index contributed by atoms with van der Waals surface area (Å²) in [4.78, 5) is 12.5. The normalized spacial score (nSPS) is 15.1. The number of hydrogen-bond donors (Lipinski definition) is 2. The third kappa shape index (κ3) is 2.76. The molecule has 6 nitrogen and oxygen atoms in total. The second-order valence-electron chi connectivity index (χ2n) is 5.99. The van der Waals surface area contributed by atoms with Gasteiger partial charge in [-0.1, -0.05) is 18.2 Å². The number of pyridine rings is 1. The molecule has 0 radical (unpaired) electrons. The van der Waals surface area contributed by atoms with E-state index < -0.39 is 18.3 Å². The van der Waals surface area contributed by atoms with Crippen molar-refractivity contribution in [3.8, 4) is 0 Å². The molecule has 2 aromatic heterocycles. The molecule has 0 spiro atoms. The first kappa shape index (κ1) is 16.4. The number of nitrogens with zero attached hydrogens (tertiary/aromatic N) is 3. The van der Waals surface area contributed by atoms with Crippen LogP contribution >= 0.6 is 0 Å². The van der Waals surface area contributed by atoms with Gasteiger partial charge in [-0.15, -0.1) is 0 Å². The zero-order valence-corrected chi connectivity index (χ0v) is 13.3. The monoisotopic (exact) mass is 362 g/mol. The van der Waals surface area contributed by atoms with Gasteiger partial charge >= 0.3 is 6.18 Å². The zero-order chi connectivity index (χ0) is 18.5. The predicted octanol–water partition coefficient (Wildman–Crippen LogP) is 3.04. The lowest BCUT2D eigenvalue weighted by atomic mass is 10.0. The van der Waals surface area contributed by atoms with E-state index in [-0.39, 0.29) is 17.4 Å². The first-order valence-electron chi connectivity index (χ1n) is 7.74. The van der Waals surface area contributed by atoms with Crippen molar-refractivity contribution in [3.63, 3.8) is 0 Å². The fraction of sp³-hybridized carbons (Fsp3) is 0.176. The van der Waals surface area contributed by atoms with Gasteiger partial charge in [-0.3, -0.25) is 24.7 Å². The summed E-state index contributed by atoms with van der Waals surface area (Å²) >= 11 is 0. The first-order chi connectivity index (χ1) is 12.3. The minimum atomic E-state index is -4.54. The number of aromatic nitrogens is 3. The minimum Gasteiger partial charge on any atom is -0.298 e. The third-order valence-corrected chi connectivity index (χ3v) is 4.27. The van der Waals surface area contributed by atoms with E-state index >= 15 is 0 Å². The van der Waals surface area contributed by atoms with Crippen molar-refractivity contribution in [2.24, 2.45) is 0 Å². The molecule has 1 aromatic carbocycles. The van der Waals surface area contributed by atoms with E-state index in [0.29, 0.717) is 16.5 Å². The highest BCUT2D eigenvalue weighted by Crippen LogP contribution is 2.28. The van der Waals surface area contributed by atoms with Crippen molar-refractivity contribution in [2.75, 3.05) is 6.54 Å². The number of allylic oxidation sites excluding steroid dienone is 2. The second-order valence-corrected chi connectivity index (χ2v) is 5.99. The summed E-state index contributed by atoms with van der Waals surface area (Å²) in [6.45, 7) is -1.12. The summed E-state index contributed by atoms with van der Waals surface area (Å²) < 4.78 is 39.8. The van der Waals surface area contributed by atoms with Crippen molar-refractivity contribution >= 4 is 27.4 Å². The number of fused-ring (bicyclic) bond motifs is 3. The van der Waals surface area contributed by atoms with E-state index in [4.69, 9.17) is 0 Å². The molecule has 0 fully saturated rings. The highest BCUT2D eigenvalue weighted by atomic mass is 19.4. The predicted molar refractivity (Wildman–Crippen MR) is 89.5 cm³/mol. The van der Waals surface area contributed by atoms with Gasteiger partial charge in [-0.25, -0.2) is 0 Å². The van der Waals surface area contributed by atoms with Gasteiger partial charge in [-0.05, 0) is 23.3 Å². The van der Waals surface area contributed by atoms with E-state index in [1.54, 1.807) is 30.4 Å². The topological polar surface area (TPSA) is 74.2 Å². The first-order valence-corrected chi connectivity index (χ1v) is 7.74. The van der Waals surface area contributed by atoms with Crippen LogP contribution < -0.4 is 5.56 Å². The number of alkyl halides is 3. The van der Waals surface area contributed by atoms with Gasteiger partial charge in [0.1, 0.15) is 6.54 Å². The molecule has 134 valence electrons. The van der Waals surface area contributed by atoms with Crippen LogP contribution in [0, 0.1) is 0 Å². The van der Waals surface area contributed by atoms with Gasteiger partial charge in [0.15, 0.2) is 0 Å². The van der Waals surface area contributed by atoms with Crippen molar-refractivity contribution in [1.82, 2.24) is 19.8 Å². The standard InChI is InChI=1S/C17H13F3N4O2/c18-17(19,20)9-24-14-7-11(10-3-5-23(26)6-4-10)1-2-12(14)15-13(16(24)25)8-21-22-15/h1-5,7-8,26H,6,9H2,(H,21,22). The van der Waals surface area contributed by atoms with Crippen LogP contribution in [-0.4, -0.2) is 37.8 Å². The highest BCUT2D eigenvalue weighted by Gasteiger charge is 2.30.